The summed E-state index contributed by atoms with van der Waals surface area (Å²) in [4.78, 5) is 23.1. The van der Waals surface area contributed by atoms with Crippen LogP contribution in [0.25, 0.3) is 5.65 Å². The maximum absolute atomic E-state index is 11.9. The van der Waals surface area contributed by atoms with Gasteiger partial charge < -0.3 is 20.4 Å². The molecular formula is C21H33N7O. The number of aliphatic imine (C=N–C) groups is 1. The molecule has 1 aliphatic rings. The largest absolute Gasteiger partial charge is 0.355 e. The van der Waals surface area contributed by atoms with E-state index >= 15 is 0 Å². The molecule has 3 rings (SSSR count). The van der Waals surface area contributed by atoms with E-state index in [-0.39, 0.29) is 5.91 Å². The van der Waals surface area contributed by atoms with Gasteiger partial charge in [-0.15, -0.1) is 0 Å². The average molecular weight is 400 g/mol. The second-order valence-electron chi connectivity index (χ2n) is 7.60. The number of piperidine rings is 1. The van der Waals surface area contributed by atoms with Crippen LogP contribution in [0.1, 0.15) is 37.6 Å². The van der Waals surface area contributed by atoms with Crippen molar-refractivity contribution < 1.29 is 4.79 Å². The third kappa shape index (κ3) is 5.93. The summed E-state index contributed by atoms with van der Waals surface area (Å²) in [5, 5.41) is 9.82. The minimum absolute atomic E-state index is 0.124. The molecule has 0 atom stereocenters. The van der Waals surface area contributed by atoms with Gasteiger partial charge in [-0.25, -0.2) is 4.98 Å². The number of fused-ring (bicyclic) bond motifs is 1. The zero-order valence-corrected chi connectivity index (χ0v) is 17.7. The molecule has 1 saturated heterocycles. The Morgan fingerprint density at radius 3 is 2.76 bits per heavy atom. The fourth-order valence-electron chi connectivity index (χ4n) is 3.61. The quantitative estimate of drug-likeness (QED) is 0.483. The van der Waals surface area contributed by atoms with E-state index in [1.165, 1.54) is 5.69 Å². The Morgan fingerprint density at radius 1 is 1.28 bits per heavy atom. The predicted molar refractivity (Wildman–Crippen MR) is 116 cm³/mol. The highest BCUT2D eigenvalue weighted by Crippen LogP contribution is 2.10. The van der Waals surface area contributed by atoms with Crippen molar-refractivity contribution in [3.63, 3.8) is 0 Å². The van der Waals surface area contributed by atoms with Crippen LogP contribution >= 0.6 is 0 Å². The van der Waals surface area contributed by atoms with Crippen LogP contribution in [0, 0.1) is 6.92 Å². The van der Waals surface area contributed by atoms with Gasteiger partial charge >= 0.3 is 0 Å². The smallest absolute Gasteiger partial charge is 0.234 e. The van der Waals surface area contributed by atoms with Gasteiger partial charge in [0.05, 0.1) is 18.8 Å². The van der Waals surface area contributed by atoms with Crippen molar-refractivity contribution in [1.82, 2.24) is 30.2 Å². The second-order valence-corrected chi connectivity index (χ2v) is 7.60. The van der Waals surface area contributed by atoms with Crippen LogP contribution in [-0.4, -0.2) is 65.4 Å². The van der Waals surface area contributed by atoms with Crippen LogP contribution in [0.4, 0.5) is 0 Å². The highest BCUT2D eigenvalue weighted by molar-refractivity contribution is 5.80. The van der Waals surface area contributed by atoms with Gasteiger partial charge in [-0.3, -0.25) is 14.7 Å². The molecule has 8 nitrogen and oxygen atoms in total. The first-order valence-corrected chi connectivity index (χ1v) is 10.5. The first kappa shape index (κ1) is 21.1. The SMILES string of the molecule is CCCNC(=O)CN1CCC(NC(=NC)NCc2cn3c(C)cccc3n2)CC1. The Hall–Kier alpha value is -2.61. The number of amides is 1. The van der Waals surface area contributed by atoms with Crippen LogP contribution in [-0.2, 0) is 11.3 Å². The molecule has 0 radical (unpaired) electrons. The number of hydrogen-bond donors (Lipinski definition) is 3. The molecule has 0 aliphatic carbocycles. The summed E-state index contributed by atoms with van der Waals surface area (Å²) in [6, 6.07) is 6.47. The fraction of sp³-hybridized carbons (Fsp3) is 0.571. The van der Waals surface area contributed by atoms with E-state index in [1.807, 2.05) is 12.1 Å². The molecule has 3 heterocycles. The molecule has 0 spiro atoms. The molecule has 1 fully saturated rings. The van der Waals surface area contributed by atoms with E-state index < -0.39 is 0 Å². The summed E-state index contributed by atoms with van der Waals surface area (Å²) in [5.74, 6) is 0.913. The van der Waals surface area contributed by atoms with Gasteiger partial charge in [0.15, 0.2) is 5.96 Å². The second kappa shape index (κ2) is 10.2. The number of nitrogens with one attached hydrogen (secondary N) is 3. The first-order chi connectivity index (χ1) is 14.1. The number of imidazole rings is 1. The summed E-state index contributed by atoms with van der Waals surface area (Å²) in [6.45, 7) is 7.84. The van der Waals surface area contributed by atoms with Crippen molar-refractivity contribution in [2.45, 2.75) is 45.7 Å². The number of carbonyl (C=O) groups is 1. The van der Waals surface area contributed by atoms with Crippen molar-refractivity contribution in [1.29, 1.82) is 0 Å². The monoisotopic (exact) mass is 399 g/mol. The fourth-order valence-corrected chi connectivity index (χ4v) is 3.61. The molecule has 2 aromatic rings. The molecule has 1 aliphatic heterocycles. The third-order valence-corrected chi connectivity index (χ3v) is 5.27. The average Bonchev–Trinajstić information content (AvgIpc) is 3.15. The van der Waals surface area contributed by atoms with Crippen molar-refractivity contribution in [2.75, 3.05) is 33.2 Å². The van der Waals surface area contributed by atoms with Crippen LogP contribution < -0.4 is 16.0 Å². The number of likely N-dealkylation sites (tertiary alicyclic amines) is 1. The van der Waals surface area contributed by atoms with Crippen molar-refractivity contribution in [2.24, 2.45) is 4.99 Å². The zero-order chi connectivity index (χ0) is 20.6. The van der Waals surface area contributed by atoms with Gasteiger partial charge in [-0.2, -0.15) is 0 Å². The standard InChI is InChI=1S/C21H33N7O/c1-4-10-23-20(29)15-27-11-8-17(9-12-27)26-21(22-3)24-13-18-14-28-16(2)6-5-7-19(28)25-18/h5-7,14,17H,4,8-13,15H2,1-3H3,(H,23,29)(H2,22,24,26). The molecule has 158 valence electrons. The minimum Gasteiger partial charge on any atom is -0.355 e. The summed E-state index contributed by atoms with van der Waals surface area (Å²) in [6.07, 6.45) is 5.02. The number of guanidine groups is 1. The van der Waals surface area contributed by atoms with Gasteiger partial charge in [-0.1, -0.05) is 13.0 Å². The van der Waals surface area contributed by atoms with Gasteiger partial charge in [0.1, 0.15) is 5.65 Å². The lowest BCUT2D eigenvalue weighted by molar-refractivity contribution is -0.122. The van der Waals surface area contributed by atoms with Crippen molar-refractivity contribution >= 4 is 17.5 Å². The topological polar surface area (TPSA) is 86.1 Å². The molecule has 0 saturated carbocycles. The van der Waals surface area contributed by atoms with Crippen molar-refractivity contribution in [3.05, 3.63) is 35.8 Å². The van der Waals surface area contributed by atoms with Gasteiger partial charge in [0, 0.05) is 44.6 Å². The van der Waals surface area contributed by atoms with Crippen LogP contribution in [0.2, 0.25) is 0 Å². The molecule has 0 unspecified atom stereocenters. The Balaban J connectivity index is 1.43. The molecule has 1 amide bonds. The number of carbonyl (C=O) groups excluding carboxylic acids is 1. The van der Waals surface area contributed by atoms with E-state index in [4.69, 9.17) is 0 Å². The zero-order valence-electron chi connectivity index (χ0n) is 17.7. The Kier molecular flexibility index (Phi) is 7.46. The van der Waals surface area contributed by atoms with Crippen LogP contribution in [0.5, 0.6) is 0 Å². The number of pyridine rings is 1. The number of nitrogens with zero attached hydrogens (tertiary/aromatic N) is 4. The van der Waals surface area contributed by atoms with Gasteiger partial charge in [0.25, 0.3) is 0 Å². The summed E-state index contributed by atoms with van der Waals surface area (Å²) in [5.41, 5.74) is 3.11. The maximum Gasteiger partial charge on any atom is 0.234 e. The lowest BCUT2D eigenvalue weighted by Gasteiger charge is -2.32. The van der Waals surface area contributed by atoms with Gasteiger partial charge in [0.2, 0.25) is 5.91 Å². The number of aromatic nitrogens is 2. The molecule has 29 heavy (non-hydrogen) atoms. The number of hydrogen-bond acceptors (Lipinski definition) is 4. The first-order valence-electron chi connectivity index (χ1n) is 10.5. The van der Waals surface area contributed by atoms with Crippen LogP contribution in [0.15, 0.2) is 29.4 Å². The van der Waals surface area contributed by atoms with E-state index in [9.17, 15) is 4.79 Å². The summed E-state index contributed by atoms with van der Waals surface area (Å²) < 4.78 is 2.10. The normalized spacial score (nSPS) is 16.2. The predicted octanol–water partition coefficient (Wildman–Crippen LogP) is 1.30. The van der Waals surface area contributed by atoms with E-state index in [1.54, 1.807) is 7.05 Å². The number of rotatable bonds is 7. The van der Waals surface area contributed by atoms with Crippen molar-refractivity contribution in [3.8, 4) is 0 Å². The highest BCUT2D eigenvalue weighted by Gasteiger charge is 2.21. The minimum atomic E-state index is 0.124. The highest BCUT2D eigenvalue weighted by atomic mass is 16.2. The molecule has 0 bridgehead atoms. The summed E-state index contributed by atoms with van der Waals surface area (Å²) in [7, 11) is 1.79. The lowest BCUT2D eigenvalue weighted by Crippen LogP contribution is -2.50. The maximum atomic E-state index is 11.9. The lowest BCUT2D eigenvalue weighted by atomic mass is 10.1. The Labute approximate surface area is 172 Å². The summed E-state index contributed by atoms with van der Waals surface area (Å²) >= 11 is 0. The molecule has 2 aromatic heterocycles. The Bertz CT molecular complexity index is 837. The molecule has 3 N–H and O–H groups in total. The van der Waals surface area contributed by atoms with E-state index in [0.29, 0.717) is 19.1 Å². The van der Waals surface area contributed by atoms with Gasteiger partial charge in [-0.05, 0) is 38.3 Å². The molecule has 0 aromatic carbocycles. The van der Waals surface area contributed by atoms with E-state index in [0.717, 1.165) is 56.2 Å². The Morgan fingerprint density at radius 2 is 2.07 bits per heavy atom. The molecule has 8 heteroatoms. The van der Waals surface area contributed by atoms with E-state index in [2.05, 4.69) is 61.3 Å². The molecular weight excluding hydrogens is 366 g/mol. The third-order valence-electron chi connectivity index (χ3n) is 5.27. The number of aryl methyl sites for hydroxylation is 1. The van der Waals surface area contributed by atoms with Crippen LogP contribution in [0.3, 0.4) is 0 Å².